The molecule has 2 N–H and O–H groups in total. The molecule has 0 amide bonds. The van der Waals surface area contributed by atoms with Crippen LogP contribution >= 0.6 is 0 Å². The molecule has 1 nitrogen and oxygen atoms in total. The minimum Gasteiger partial charge on any atom is -0.321 e. The van der Waals surface area contributed by atoms with Crippen molar-refractivity contribution < 1.29 is 0 Å². The molecule has 3 aliphatic carbocycles. The van der Waals surface area contributed by atoms with Crippen molar-refractivity contribution in [3.63, 3.8) is 0 Å². The number of allylic oxidation sites excluding steroid dienone is 4. The maximum Gasteiger partial charge on any atom is 0.0429 e. The smallest absolute Gasteiger partial charge is 0.0429 e. The van der Waals surface area contributed by atoms with Crippen molar-refractivity contribution in [1.29, 1.82) is 0 Å². The summed E-state index contributed by atoms with van der Waals surface area (Å²) in [6, 6.07) is 0. The van der Waals surface area contributed by atoms with Gasteiger partial charge in [-0.05, 0) is 74.2 Å². The fourth-order valence-electron chi connectivity index (χ4n) is 5.81. The summed E-state index contributed by atoms with van der Waals surface area (Å²) in [7, 11) is 0. The third-order valence-electron chi connectivity index (χ3n) is 7.71. The van der Waals surface area contributed by atoms with Crippen LogP contribution < -0.4 is 5.73 Å². The molecule has 3 fully saturated rings. The van der Waals surface area contributed by atoms with Crippen LogP contribution in [0.2, 0.25) is 0 Å². The van der Waals surface area contributed by atoms with Gasteiger partial charge in [-0.3, -0.25) is 0 Å². The first-order valence-electron chi connectivity index (χ1n) is 10.3. The Morgan fingerprint density at radius 2 is 2.00 bits per heavy atom. The van der Waals surface area contributed by atoms with Crippen LogP contribution in [0.25, 0.3) is 0 Å². The van der Waals surface area contributed by atoms with Crippen LogP contribution in [0.4, 0.5) is 0 Å². The van der Waals surface area contributed by atoms with Crippen molar-refractivity contribution in [3.8, 4) is 0 Å². The molecule has 1 heteroatoms. The highest BCUT2D eigenvalue weighted by atomic mass is 14.8. The lowest BCUT2D eigenvalue weighted by Crippen LogP contribution is -2.55. The van der Waals surface area contributed by atoms with Gasteiger partial charge < -0.3 is 5.73 Å². The standard InChI is InChI=1S/C23H37N/c1-5-7-20-13-15-23(24)21(8-6-14-22(20,23)4)12-11-19-10-9-17(2)18(3)16-19/h11-12,18,20H,2,5-10,13-16,24H2,1,3-4H3/b19-11-,21-12+/t18?,20?,22?,23-/m1/s1. The zero-order chi connectivity index (χ0) is 17.4. The lowest BCUT2D eigenvalue weighted by atomic mass is 9.58. The van der Waals surface area contributed by atoms with Crippen molar-refractivity contribution >= 4 is 0 Å². The zero-order valence-electron chi connectivity index (χ0n) is 16.2. The van der Waals surface area contributed by atoms with Gasteiger partial charge in [-0.25, -0.2) is 0 Å². The van der Waals surface area contributed by atoms with Crippen molar-refractivity contribution in [2.75, 3.05) is 0 Å². The number of nitrogens with two attached hydrogens (primary N) is 1. The Bertz CT molecular complexity index is 554. The van der Waals surface area contributed by atoms with Crippen LogP contribution in [0.1, 0.15) is 85.0 Å². The van der Waals surface area contributed by atoms with Crippen LogP contribution in [0.5, 0.6) is 0 Å². The summed E-state index contributed by atoms with van der Waals surface area (Å²) in [4.78, 5) is 0. The molecule has 0 saturated heterocycles. The van der Waals surface area contributed by atoms with Gasteiger partial charge in [0.2, 0.25) is 0 Å². The van der Waals surface area contributed by atoms with Gasteiger partial charge >= 0.3 is 0 Å². The maximum absolute atomic E-state index is 7.12. The van der Waals surface area contributed by atoms with Crippen molar-refractivity contribution in [2.45, 2.75) is 90.5 Å². The van der Waals surface area contributed by atoms with E-state index in [-0.39, 0.29) is 5.54 Å². The van der Waals surface area contributed by atoms with E-state index in [4.69, 9.17) is 5.73 Å². The van der Waals surface area contributed by atoms with Crippen molar-refractivity contribution in [1.82, 2.24) is 0 Å². The van der Waals surface area contributed by atoms with E-state index in [0.717, 1.165) is 5.92 Å². The van der Waals surface area contributed by atoms with Crippen molar-refractivity contribution in [2.24, 2.45) is 23.0 Å². The molecule has 0 aromatic heterocycles. The van der Waals surface area contributed by atoms with Crippen LogP contribution in [0.3, 0.4) is 0 Å². The predicted molar refractivity (Wildman–Crippen MR) is 105 cm³/mol. The van der Waals surface area contributed by atoms with E-state index in [1.807, 2.05) is 0 Å². The average Bonchev–Trinajstić information content (AvgIpc) is 2.81. The van der Waals surface area contributed by atoms with Gasteiger partial charge in [-0.1, -0.05) is 63.5 Å². The highest BCUT2D eigenvalue weighted by Gasteiger charge is 2.57. The molecule has 0 bridgehead atoms. The molecule has 0 aromatic rings. The predicted octanol–water partition coefficient (Wildman–Crippen LogP) is 6.31. The van der Waals surface area contributed by atoms with E-state index in [1.54, 1.807) is 11.1 Å². The Balaban J connectivity index is 1.82. The normalized spacial score (nSPS) is 43.4. The largest absolute Gasteiger partial charge is 0.321 e. The first kappa shape index (κ1) is 18.0. The summed E-state index contributed by atoms with van der Waals surface area (Å²) >= 11 is 0. The number of hydrogen-bond donors (Lipinski definition) is 1. The molecule has 4 atom stereocenters. The Morgan fingerprint density at radius 3 is 2.71 bits per heavy atom. The third kappa shape index (κ3) is 2.94. The summed E-state index contributed by atoms with van der Waals surface area (Å²) < 4.78 is 0. The second kappa shape index (κ2) is 6.83. The molecule has 0 aliphatic heterocycles. The second-order valence-electron chi connectivity index (χ2n) is 9.05. The zero-order valence-corrected chi connectivity index (χ0v) is 16.2. The molecular weight excluding hydrogens is 290 g/mol. The molecule has 0 aromatic carbocycles. The Morgan fingerprint density at radius 1 is 1.21 bits per heavy atom. The van der Waals surface area contributed by atoms with Crippen LogP contribution in [0.15, 0.2) is 35.5 Å². The monoisotopic (exact) mass is 327 g/mol. The second-order valence-corrected chi connectivity index (χ2v) is 9.05. The highest BCUT2D eigenvalue weighted by molar-refractivity contribution is 5.35. The minimum absolute atomic E-state index is 0.0496. The van der Waals surface area contributed by atoms with E-state index in [0.29, 0.717) is 11.3 Å². The van der Waals surface area contributed by atoms with Crippen LogP contribution in [-0.4, -0.2) is 5.54 Å². The Kier molecular flexibility index (Phi) is 5.12. The number of fused-ring (bicyclic) bond motifs is 1. The fraction of sp³-hybridized carbons (Fsp3) is 0.739. The summed E-state index contributed by atoms with van der Waals surface area (Å²) in [5.74, 6) is 1.47. The highest BCUT2D eigenvalue weighted by Crippen LogP contribution is 2.59. The topological polar surface area (TPSA) is 26.0 Å². The van der Waals surface area contributed by atoms with E-state index < -0.39 is 0 Å². The molecule has 0 radical (unpaired) electrons. The van der Waals surface area contributed by atoms with Gasteiger partial charge in [-0.2, -0.15) is 0 Å². The van der Waals surface area contributed by atoms with Gasteiger partial charge in [0.15, 0.2) is 0 Å². The van der Waals surface area contributed by atoms with E-state index in [9.17, 15) is 0 Å². The molecule has 24 heavy (non-hydrogen) atoms. The molecule has 3 unspecified atom stereocenters. The quantitative estimate of drug-likeness (QED) is 0.604. The van der Waals surface area contributed by atoms with Crippen LogP contribution in [-0.2, 0) is 0 Å². The Labute approximate surface area is 149 Å². The lowest BCUT2D eigenvalue weighted by Gasteiger charge is -2.49. The SMILES string of the molecule is C=C1CC/C(=C/C=C2\CCCC3(C)C(CCC)CC[C@@]23N)CC1C. The first-order chi connectivity index (χ1) is 11.4. The summed E-state index contributed by atoms with van der Waals surface area (Å²) in [5.41, 5.74) is 12.0. The summed E-state index contributed by atoms with van der Waals surface area (Å²) in [5, 5.41) is 0. The molecule has 3 saturated carbocycles. The molecule has 0 spiro atoms. The van der Waals surface area contributed by atoms with E-state index in [2.05, 4.69) is 39.5 Å². The van der Waals surface area contributed by atoms with Gasteiger partial charge in [0.25, 0.3) is 0 Å². The molecule has 0 heterocycles. The minimum atomic E-state index is -0.0496. The lowest BCUT2D eigenvalue weighted by molar-refractivity contribution is 0.104. The summed E-state index contributed by atoms with van der Waals surface area (Å²) in [6.45, 7) is 11.3. The van der Waals surface area contributed by atoms with E-state index in [1.165, 1.54) is 69.8 Å². The van der Waals surface area contributed by atoms with Crippen molar-refractivity contribution in [3.05, 3.63) is 35.5 Å². The van der Waals surface area contributed by atoms with Gasteiger partial charge in [0.05, 0.1) is 0 Å². The first-order valence-corrected chi connectivity index (χ1v) is 10.3. The fourth-order valence-corrected chi connectivity index (χ4v) is 5.81. The number of hydrogen-bond acceptors (Lipinski definition) is 1. The molecule has 134 valence electrons. The number of rotatable bonds is 3. The third-order valence-corrected chi connectivity index (χ3v) is 7.71. The van der Waals surface area contributed by atoms with Gasteiger partial charge in [-0.15, -0.1) is 0 Å². The molecule has 3 aliphatic rings. The summed E-state index contributed by atoms with van der Waals surface area (Å²) in [6.07, 6.45) is 17.4. The average molecular weight is 328 g/mol. The maximum atomic E-state index is 7.12. The van der Waals surface area contributed by atoms with Crippen LogP contribution in [0, 0.1) is 17.3 Å². The molecular formula is C23H37N. The van der Waals surface area contributed by atoms with E-state index >= 15 is 0 Å². The molecule has 3 rings (SSSR count). The Hall–Kier alpha value is -0.820. The van der Waals surface area contributed by atoms with Gasteiger partial charge in [0.1, 0.15) is 0 Å². The van der Waals surface area contributed by atoms with Gasteiger partial charge in [0, 0.05) is 5.54 Å².